The Morgan fingerprint density at radius 1 is 1.36 bits per heavy atom. The van der Waals surface area contributed by atoms with E-state index < -0.39 is 0 Å². The van der Waals surface area contributed by atoms with Gasteiger partial charge in [-0.15, -0.1) is 0 Å². The molecule has 0 amide bonds. The van der Waals surface area contributed by atoms with E-state index in [2.05, 4.69) is 45.5 Å². The lowest BCUT2D eigenvalue weighted by molar-refractivity contribution is 0.539. The van der Waals surface area contributed by atoms with Gasteiger partial charge in [-0.05, 0) is 30.5 Å². The SMILES string of the molecule is NCC(NC1CC1)c1ccc(Br)cc1. The number of hydrogen-bond donors (Lipinski definition) is 2. The normalized spacial score (nSPS) is 18.1. The van der Waals surface area contributed by atoms with Gasteiger partial charge < -0.3 is 11.1 Å². The Bertz CT molecular complexity index is 293. The maximum Gasteiger partial charge on any atom is 0.0446 e. The third-order valence-corrected chi connectivity index (χ3v) is 3.05. The van der Waals surface area contributed by atoms with Crippen LogP contribution in [0.2, 0.25) is 0 Å². The van der Waals surface area contributed by atoms with E-state index in [1.165, 1.54) is 18.4 Å². The van der Waals surface area contributed by atoms with Crippen LogP contribution in [0.25, 0.3) is 0 Å². The quantitative estimate of drug-likeness (QED) is 0.865. The van der Waals surface area contributed by atoms with Gasteiger partial charge in [-0.2, -0.15) is 0 Å². The molecule has 0 saturated heterocycles. The Balaban J connectivity index is 2.05. The van der Waals surface area contributed by atoms with Crippen molar-refractivity contribution >= 4 is 15.9 Å². The van der Waals surface area contributed by atoms with Crippen LogP contribution < -0.4 is 11.1 Å². The van der Waals surface area contributed by atoms with E-state index in [0.29, 0.717) is 18.6 Å². The maximum atomic E-state index is 5.74. The first-order valence-electron chi connectivity index (χ1n) is 5.01. The summed E-state index contributed by atoms with van der Waals surface area (Å²) >= 11 is 3.43. The molecule has 2 rings (SSSR count). The lowest BCUT2D eigenvalue weighted by atomic mass is 10.1. The second kappa shape index (κ2) is 4.43. The molecule has 1 saturated carbocycles. The molecule has 1 unspecified atom stereocenters. The number of rotatable bonds is 4. The topological polar surface area (TPSA) is 38.0 Å². The van der Waals surface area contributed by atoms with Gasteiger partial charge in [-0.25, -0.2) is 0 Å². The first-order valence-corrected chi connectivity index (χ1v) is 5.80. The Labute approximate surface area is 93.0 Å². The Morgan fingerprint density at radius 3 is 2.50 bits per heavy atom. The van der Waals surface area contributed by atoms with Gasteiger partial charge in [0.1, 0.15) is 0 Å². The van der Waals surface area contributed by atoms with Crippen LogP contribution in [0.3, 0.4) is 0 Å². The molecule has 1 aliphatic carbocycles. The molecule has 1 aliphatic rings. The summed E-state index contributed by atoms with van der Waals surface area (Å²) in [6.45, 7) is 0.665. The number of nitrogens with one attached hydrogen (secondary N) is 1. The molecule has 76 valence electrons. The smallest absolute Gasteiger partial charge is 0.0446 e. The first kappa shape index (κ1) is 10.1. The van der Waals surface area contributed by atoms with Crippen molar-refractivity contribution in [3.63, 3.8) is 0 Å². The zero-order valence-corrected chi connectivity index (χ0v) is 9.63. The van der Waals surface area contributed by atoms with Gasteiger partial charge in [-0.3, -0.25) is 0 Å². The van der Waals surface area contributed by atoms with E-state index in [9.17, 15) is 0 Å². The average Bonchev–Trinajstić information content (AvgIpc) is 3.00. The fourth-order valence-electron chi connectivity index (χ4n) is 1.53. The maximum absolute atomic E-state index is 5.74. The Kier molecular flexibility index (Phi) is 3.21. The molecule has 0 heterocycles. The third kappa shape index (κ3) is 2.56. The molecule has 1 aromatic rings. The van der Waals surface area contributed by atoms with Crippen LogP contribution in [0.5, 0.6) is 0 Å². The van der Waals surface area contributed by atoms with Gasteiger partial charge in [0.2, 0.25) is 0 Å². The minimum atomic E-state index is 0.315. The summed E-state index contributed by atoms with van der Waals surface area (Å²) in [5.41, 5.74) is 7.02. The zero-order valence-electron chi connectivity index (χ0n) is 8.04. The molecule has 3 N–H and O–H groups in total. The van der Waals surface area contributed by atoms with Gasteiger partial charge in [0.15, 0.2) is 0 Å². The highest BCUT2D eigenvalue weighted by Crippen LogP contribution is 2.24. The van der Waals surface area contributed by atoms with Gasteiger partial charge in [0.05, 0.1) is 0 Å². The van der Waals surface area contributed by atoms with Crippen molar-refractivity contribution < 1.29 is 0 Å². The molecule has 0 aromatic heterocycles. The van der Waals surface area contributed by atoms with Gasteiger partial charge in [0.25, 0.3) is 0 Å². The summed E-state index contributed by atoms with van der Waals surface area (Å²) in [5, 5.41) is 3.54. The van der Waals surface area contributed by atoms with E-state index in [4.69, 9.17) is 5.73 Å². The van der Waals surface area contributed by atoms with Crippen molar-refractivity contribution in [2.24, 2.45) is 5.73 Å². The lowest BCUT2D eigenvalue weighted by Gasteiger charge is -2.16. The van der Waals surface area contributed by atoms with Crippen molar-refractivity contribution in [3.8, 4) is 0 Å². The summed E-state index contributed by atoms with van der Waals surface area (Å²) in [7, 11) is 0. The van der Waals surface area contributed by atoms with Gasteiger partial charge >= 0.3 is 0 Å². The van der Waals surface area contributed by atoms with Crippen molar-refractivity contribution in [1.82, 2.24) is 5.32 Å². The van der Waals surface area contributed by atoms with E-state index in [-0.39, 0.29) is 0 Å². The highest BCUT2D eigenvalue weighted by Gasteiger charge is 2.24. The van der Waals surface area contributed by atoms with Crippen LogP contribution in [0, 0.1) is 0 Å². The molecule has 1 fully saturated rings. The Morgan fingerprint density at radius 2 is 2.00 bits per heavy atom. The van der Waals surface area contributed by atoms with Crippen LogP contribution in [0.1, 0.15) is 24.4 Å². The molecular formula is C11H15BrN2. The fraction of sp³-hybridized carbons (Fsp3) is 0.455. The van der Waals surface area contributed by atoms with Crippen molar-refractivity contribution in [2.75, 3.05) is 6.54 Å². The molecule has 0 bridgehead atoms. The lowest BCUT2D eigenvalue weighted by Crippen LogP contribution is -2.29. The van der Waals surface area contributed by atoms with E-state index in [1.807, 2.05) is 0 Å². The van der Waals surface area contributed by atoms with Crippen molar-refractivity contribution in [2.45, 2.75) is 24.9 Å². The highest BCUT2D eigenvalue weighted by atomic mass is 79.9. The largest absolute Gasteiger partial charge is 0.329 e. The minimum Gasteiger partial charge on any atom is -0.329 e. The van der Waals surface area contributed by atoms with E-state index in [0.717, 1.165) is 4.47 Å². The first-order chi connectivity index (χ1) is 6.79. The molecule has 3 heteroatoms. The van der Waals surface area contributed by atoms with Crippen molar-refractivity contribution in [1.29, 1.82) is 0 Å². The number of nitrogens with two attached hydrogens (primary N) is 1. The highest BCUT2D eigenvalue weighted by molar-refractivity contribution is 9.10. The van der Waals surface area contributed by atoms with Crippen LogP contribution in [-0.4, -0.2) is 12.6 Å². The van der Waals surface area contributed by atoms with E-state index in [1.54, 1.807) is 0 Å². The Hall–Kier alpha value is -0.380. The molecular weight excluding hydrogens is 240 g/mol. The molecule has 1 atom stereocenters. The summed E-state index contributed by atoms with van der Waals surface area (Å²) in [6.07, 6.45) is 2.60. The van der Waals surface area contributed by atoms with Crippen LogP contribution >= 0.6 is 15.9 Å². The summed E-state index contributed by atoms with van der Waals surface area (Å²) in [6, 6.07) is 9.38. The van der Waals surface area contributed by atoms with Gasteiger partial charge in [-0.1, -0.05) is 28.1 Å². The number of halogens is 1. The minimum absolute atomic E-state index is 0.315. The number of benzene rings is 1. The fourth-order valence-corrected chi connectivity index (χ4v) is 1.79. The molecule has 0 aliphatic heterocycles. The monoisotopic (exact) mass is 254 g/mol. The average molecular weight is 255 g/mol. The standard InChI is InChI=1S/C11H15BrN2/c12-9-3-1-8(2-4-9)11(7-13)14-10-5-6-10/h1-4,10-11,14H,5-7,13H2. The zero-order chi connectivity index (χ0) is 9.97. The summed E-state index contributed by atoms with van der Waals surface area (Å²) in [5.74, 6) is 0. The third-order valence-electron chi connectivity index (χ3n) is 2.52. The molecule has 1 aromatic carbocycles. The molecule has 0 spiro atoms. The predicted octanol–water partition coefficient (Wildman–Crippen LogP) is 2.20. The molecule has 0 radical (unpaired) electrons. The molecule has 2 nitrogen and oxygen atoms in total. The second-order valence-corrected chi connectivity index (χ2v) is 4.70. The van der Waals surface area contributed by atoms with Crippen molar-refractivity contribution in [3.05, 3.63) is 34.3 Å². The summed E-state index contributed by atoms with van der Waals surface area (Å²) < 4.78 is 1.11. The molecule has 14 heavy (non-hydrogen) atoms. The number of hydrogen-bond acceptors (Lipinski definition) is 2. The summed E-state index contributed by atoms with van der Waals surface area (Å²) in [4.78, 5) is 0. The van der Waals surface area contributed by atoms with Crippen LogP contribution in [-0.2, 0) is 0 Å². The van der Waals surface area contributed by atoms with Crippen LogP contribution in [0.15, 0.2) is 28.7 Å². The van der Waals surface area contributed by atoms with Gasteiger partial charge in [0, 0.05) is 23.1 Å². The van der Waals surface area contributed by atoms with E-state index >= 15 is 0 Å². The van der Waals surface area contributed by atoms with Crippen LogP contribution in [0.4, 0.5) is 0 Å². The second-order valence-electron chi connectivity index (χ2n) is 3.78. The predicted molar refractivity (Wildman–Crippen MR) is 62.1 cm³/mol.